The number of aryl methyl sites for hydroxylation is 2. The Hall–Kier alpha value is -3.17. The second kappa shape index (κ2) is 9.35. The quantitative estimate of drug-likeness (QED) is 0.281. The molecule has 0 unspecified atom stereocenters. The molecule has 0 spiro atoms. The normalized spacial score (nSPS) is 12.0. The van der Waals surface area contributed by atoms with E-state index in [1.54, 1.807) is 42.5 Å². The van der Waals surface area contributed by atoms with Crippen molar-refractivity contribution in [3.8, 4) is 0 Å². The summed E-state index contributed by atoms with van der Waals surface area (Å²) in [7, 11) is 0. The van der Waals surface area contributed by atoms with Crippen LogP contribution in [-0.2, 0) is 9.53 Å². The van der Waals surface area contributed by atoms with Crippen LogP contribution in [0.4, 0.5) is 0 Å². The largest absolute Gasteiger partial charge is 0.446 e. The van der Waals surface area contributed by atoms with Crippen molar-refractivity contribution in [1.29, 1.82) is 0 Å². The molecule has 29 heavy (non-hydrogen) atoms. The summed E-state index contributed by atoms with van der Waals surface area (Å²) in [5.41, 5.74) is 3.92. The van der Waals surface area contributed by atoms with E-state index in [-0.39, 0.29) is 5.78 Å². The number of rotatable bonds is 6. The van der Waals surface area contributed by atoms with Crippen LogP contribution >= 0.6 is 11.6 Å². The molecule has 146 valence electrons. The Morgan fingerprint density at radius 2 is 1.45 bits per heavy atom. The molecule has 0 radical (unpaired) electrons. The van der Waals surface area contributed by atoms with Gasteiger partial charge in [0.1, 0.15) is 0 Å². The number of ketones is 1. The van der Waals surface area contributed by atoms with Gasteiger partial charge < -0.3 is 4.74 Å². The Balaban J connectivity index is 1.85. The Kier molecular flexibility index (Phi) is 6.63. The van der Waals surface area contributed by atoms with Gasteiger partial charge in [-0.25, -0.2) is 4.79 Å². The molecular weight excluding hydrogens is 384 g/mol. The second-order valence-corrected chi connectivity index (χ2v) is 7.22. The van der Waals surface area contributed by atoms with E-state index in [2.05, 4.69) is 0 Å². The molecule has 3 rings (SSSR count). The molecule has 3 aromatic rings. The van der Waals surface area contributed by atoms with E-state index in [1.165, 1.54) is 6.08 Å². The number of hydrogen-bond acceptors (Lipinski definition) is 3. The monoisotopic (exact) mass is 404 g/mol. The zero-order chi connectivity index (χ0) is 20.8. The highest BCUT2D eigenvalue weighted by atomic mass is 35.5. The van der Waals surface area contributed by atoms with Gasteiger partial charge in [0, 0.05) is 22.2 Å². The average Bonchev–Trinajstić information content (AvgIpc) is 2.72. The van der Waals surface area contributed by atoms with Crippen LogP contribution in [0.5, 0.6) is 0 Å². The van der Waals surface area contributed by atoms with Gasteiger partial charge in [-0.2, -0.15) is 0 Å². The number of esters is 1. The molecule has 4 heteroatoms. The first-order valence-electron chi connectivity index (χ1n) is 9.25. The zero-order valence-electron chi connectivity index (χ0n) is 16.3. The molecule has 0 aromatic heterocycles. The maximum absolute atomic E-state index is 13.1. The predicted octanol–water partition coefficient (Wildman–Crippen LogP) is 6.14. The van der Waals surface area contributed by atoms with Crippen LogP contribution in [0.1, 0.15) is 38.7 Å². The molecule has 0 aliphatic carbocycles. The molecule has 0 bridgehead atoms. The van der Waals surface area contributed by atoms with Gasteiger partial charge >= 0.3 is 5.97 Å². The van der Waals surface area contributed by atoms with Gasteiger partial charge in [-0.3, -0.25) is 4.79 Å². The van der Waals surface area contributed by atoms with Crippen molar-refractivity contribution in [3.05, 3.63) is 112 Å². The lowest BCUT2D eigenvalue weighted by atomic mass is 9.98. The van der Waals surface area contributed by atoms with E-state index in [0.29, 0.717) is 21.7 Å². The summed E-state index contributed by atoms with van der Waals surface area (Å²) >= 11 is 6.11. The summed E-state index contributed by atoms with van der Waals surface area (Å²) in [5.74, 6) is -0.885. The van der Waals surface area contributed by atoms with Crippen LogP contribution in [0.3, 0.4) is 0 Å². The Bertz CT molecular complexity index is 1030. The Morgan fingerprint density at radius 3 is 2.07 bits per heavy atom. The molecular formula is C25H21ClO3. The Labute approximate surface area is 175 Å². The summed E-state index contributed by atoms with van der Waals surface area (Å²) in [4.78, 5) is 25.5. The molecule has 1 atom stereocenters. The molecule has 0 saturated carbocycles. The first-order chi connectivity index (χ1) is 13.9. The van der Waals surface area contributed by atoms with E-state index < -0.39 is 12.1 Å². The van der Waals surface area contributed by atoms with Crippen molar-refractivity contribution in [3.63, 3.8) is 0 Å². The highest BCUT2D eigenvalue weighted by molar-refractivity contribution is 6.32. The van der Waals surface area contributed by atoms with Crippen LogP contribution < -0.4 is 0 Å². The van der Waals surface area contributed by atoms with Crippen LogP contribution in [0, 0.1) is 13.8 Å². The maximum atomic E-state index is 13.1. The lowest BCUT2D eigenvalue weighted by Gasteiger charge is -2.17. The fourth-order valence-electron chi connectivity index (χ4n) is 2.81. The molecule has 0 N–H and O–H groups in total. The van der Waals surface area contributed by atoms with Crippen molar-refractivity contribution in [2.45, 2.75) is 20.0 Å². The number of hydrogen-bond donors (Lipinski definition) is 0. The second-order valence-electron chi connectivity index (χ2n) is 6.81. The highest BCUT2D eigenvalue weighted by Crippen LogP contribution is 2.24. The van der Waals surface area contributed by atoms with Gasteiger partial charge in [-0.15, -0.1) is 0 Å². The summed E-state index contributed by atoms with van der Waals surface area (Å²) in [6.07, 6.45) is 1.83. The average molecular weight is 405 g/mol. The highest BCUT2D eigenvalue weighted by Gasteiger charge is 2.25. The lowest BCUT2D eigenvalue weighted by Crippen LogP contribution is -2.19. The third kappa shape index (κ3) is 5.43. The van der Waals surface area contributed by atoms with Crippen molar-refractivity contribution >= 4 is 29.4 Å². The zero-order valence-corrected chi connectivity index (χ0v) is 17.0. The minimum Gasteiger partial charge on any atom is -0.446 e. The predicted molar refractivity (Wildman–Crippen MR) is 116 cm³/mol. The molecule has 0 amide bonds. The third-order valence-corrected chi connectivity index (χ3v) is 4.84. The van der Waals surface area contributed by atoms with Crippen molar-refractivity contribution in [1.82, 2.24) is 0 Å². The molecule has 0 fully saturated rings. The molecule has 0 saturated heterocycles. The van der Waals surface area contributed by atoms with E-state index in [4.69, 9.17) is 16.3 Å². The molecule has 3 nitrogen and oxygen atoms in total. The van der Waals surface area contributed by atoms with Crippen molar-refractivity contribution in [2.24, 2.45) is 0 Å². The smallest absolute Gasteiger partial charge is 0.331 e. The molecule has 0 aliphatic rings. The van der Waals surface area contributed by atoms with E-state index in [0.717, 1.165) is 11.1 Å². The van der Waals surface area contributed by atoms with Gasteiger partial charge in [-0.05, 0) is 31.6 Å². The van der Waals surface area contributed by atoms with Gasteiger partial charge in [0.15, 0.2) is 6.10 Å². The Morgan fingerprint density at radius 1 is 0.862 bits per heavy atom. The number of ether oxygens (including phenoxy) is 1. The third-order valence-electron chi connectivity index (χ3n) is 4.49. The molecule has 0 aliphatic heterocycles. The van der Waals surface area contributed by atoms with Crippen LogP contribution in [0.25, 0.3) is 6.08 Å². The molecule has 0 heterocycles. The van der Waals surface area contributed by atoms with Gasteiger partial charge in [0.05, 0.1) is 0 Å². The minimum atomic E-state index is -1.03. The summed E-state index contributed by atoms with van der Waals surface area (Å²) in [6, 6.07) is 21.8. The minimum absolute atomic E-state index is 0.270. The fourth-order valence-corrected chi connectivity index (χ4v) is 3.01. The van der Waals surface area contributed by atoms with Crippen LogP contribution in [0.15, 0.2) is 78.9 Å². The van der Waals surface area contributed by atoms with E-state index in [1.807, 2.05) is 50.2 Å². The van der Waals surface area contributed by atoms with E-state index in [9.17, 15) is 9.59 Å². The maximum Gasteiger partial charge on any atom is 0.331 e. The van der Waals surface area contributed by atoms with Gasteiger partial charge in [-0.1, -0.05) is 89.5 Å². The summed E-state index contributed by atoms with van der Waals surface area (Å²) in [5, 5.41) is 0.530. The lowest BCUT2D eigenvalue weighted by molar-refractivity contribution is -0.141. The summed E-state index contributed by atoms with van der Waals surface area (Å²) in [6.45, 7) is 3.91. The topological polar surface area (TPSA) is 43.4 Å². The number of carbonyl (C=O) groups excluding carboxylic acids is 2. The van der Waals surface area contributed by atoms with E-state index >= 15 is 0 Å². The number of benzene rings is 3. The first kappa shape index (κ1) is 20.6. The standard InChI is InChI=1S/C25H21ClO3/c1-17-7-11-20(12-8-17)24(28)25(21-13-9-18(2)10-14-21)29-23(27)16-15-19-5-3-4-6-22(19)26/h3-16,25H,1-2H3/b16-15+/t25-/m0/s1. The van der Waals surface area contributed by atoms with Crippen molar-refractivity contribution < 1.29 is 14.3 Å². The number of carbonyl (C=O) groups is 2. The molecule has 3 aromatic carbocycles. The van der Waals surface area contributed by atoms with Gasteiger partial charge in [0.2, 0.25) is 5.78 Å². The summed E-state index contributed by atoms with van der Waals surface area (Å²) < 4.78 is 5.57. The first-order valence-corrected chi connectivity index (χ1v) is 9.62. The SMILES string of the molecule is Cc1ccc(C(=O)[C@@H](OC(=O)/C=C/c2ccccc2Cl)c2ccc(C)cc2)cc1. The van der Waals surface area contributed by atoms with Crippen LogP contribution in [-0.4, -0.2) is 11.8 Å². The number of halogens is 1. The van der Waals surface area contributed by atoms with Crippen LogP contribution in [0.2, 0.25) is 5.02 Å². The fraction of sp³-hybridized carbons (Fsp3) is 0.120. The van der Waals surface area contributed by atoms with Crippen molar-refractivity contribution in [2.75, 3.05) is 0 Å². The van der Waals surface area contributed by atoms with Gasteiger partial charge in [0.25, 0.3) is 0 Å². The number of Topliss-reactive ketones (excluding diaryl/α,β-unsaturated/α-hetero) is 1.